The Balaban J connectivity index is 0.00000145. The lowest BCUT2D eigenvalue weighted by Crippen LogP contribution is -2.06. The van der Waals surface area contributed by atoms with Gasteiger partial charge in [0.05, 0.1) is 0 Å². The van der Waals surface area contributed by atoms with Crippen molar-refractivity contribution in [2.75, 3.05) is 10.6 Å². The number of benzene rings is 3. The lowest BCUT2D eigenvalue weighted by Gasteiger charge is -2.11. The third-order valence-corrected chi connectivity index (χ3v) is 4.17. The number of carboxylic acids is 1. The van der Waals surface area contributed by atoms with Gasteiger partial charge in [-0.3, -0.25) is 4.79 Å². The summed E-state index contributed by atoms with van der Waals surface area (Å²) >= 11 is 0. The fourth-order valence-corrected chi connectivity index (χ4v) is 2.68. The molecule has 0 unspecified atom stereocenters. The van der Waals surface area contributed by atoms with Crippen LogP contribution in [0.4, 0.5) is 11.4 Å². The largest absolute Gasteiger partial charge is 0.478 e. The average Bonchev–Trinajstić information content (AvgIpc) is 2.86. The highest BCUT2D eigenvalue weighted by molar-refractivity contribution is 5.98. The first-order valence-corrected chi connectivity index (χ1v) is 10.3. The molecule has 0 saturated heterocycles. The van der Waals surface area contributed by atoms with Crippen molar-refractivity contribution >= 4 is 29.4 Å². The van der Waals surface area contributed by atoms with Gasteiger partial charge >= 0.3 is 12.1 Å². The fourth-order valence-electron chi connectivity index (χ4n) is 2.68. The van der Waals surface area contributed by atoms with Gasteiger partial charge < -0.3 is 25.2 Å². The van der Waals surface area contributed by atoms with E-state index in [9.17, 15) is 9.59 Å². The lowest BCUT2D eigenvalue weighted by atomic mass is 10.2. The summed E-state index contributed by atoms with van der Waals surface area (Å²) in [4.78, 5) is 38.2. The highest BCUT2D eigenvalue weighted by atomic mass is 16.5. The van der Waals surface area contributed by atoms with E-state index < -0.39 is 5.97 Å². The van der Waals surface area contributed by atoms with Gasteiger partial charge in [-0.2, -0.15) is 9.59 Å². The first-order chi connectivity index (χ1) is 17.3. The summed E-state index contributed by atoms with van der Waals surface area (Å²) in [6.45, 7) is 7.17. The van der Waals surface area contributed by atoms with Crippen molar-refractivity contribution in [1.29, 1.82) is 0 Å². The van der Waals surface area contributed by atoms with E-state index in [0.29, 0.717) is 34.4 Å². The summed E-state index contributed by atoms with van der Waals surface area (Å²) in [6, 6.07) is 21.3. The van der Waals surface area contributed by atoms with Crippen LogP contribution in [0.1, 0.15) is 0 Å². The number of hydrogen-bond donors (Lipinski definition) is 3. The maximum atomic E-state index is 11.4. The van der Waals surface area contributed by atoms with Gasteiger partial charge in [0.25, 0.3) is 0 Å². The Kier molecular flexibility index (Phi) is 10.4. The molecule has 3 N–H and O–H groups in total. The smallest absolute Gasteiger partial charge is 0.373 e. The summed E-state index contributed by atoms with van der Waals surface area (Å²) < 4.78 is 11.8. The Hall–Kier alpha value is -5.40. The maximum Gasteiger partial charge on any atom is 0.373 e. The van der Waals surface area contributed by atoms with Crippen molar-refractivity contribution in [2.45, 2.75) is 0 Å². The fraction of sp³-hybridized carbons (Fsp3) is 0. The minimum atomic E-state index is -1.04. The number of amides is 1. The molecule has 3 rings (SSSR count). The summed E-state index contributed by atoms with van der Waals surface area (Å²) in [6.07, 6.45) is 3.84. The van der Waals surface area contributed by atoms with E-state index in [0.717, 1.165) is 11.8 Å². The summed E-state index contributed by atoms with van der Waals surface area (Å²) in [5.74, 6) is 1.09. The van der Waals surface area contributed by atoms with Gasteiger partial charge in [-0.15, -0.1) is 0 Å². The standard InChI is InChI=1S/C26H22N2O5.CO2/c1-3-25(29)28-20-10-14-22(15-11-20)33-24-6-4-5-23(17-24)32-21-12-8-19(9-13-21)27-18(2)7-16-26(30)31;2-1-3/h3-17,27H,1-2H2,(H,28,29)(H,30,31);/b16-7-;. The van der Waals surface area contributed by atoms with Crippen LogP contribution in [0.3, 0.4) is 0 Å². The number of aliphatic carboxylic acids is 1. The number of anilines is 2. The first-order valence-electron chi connectivity index (χ1n) is 10.3. The molecule has 3 aromatic rings. The Labute approximate surface area is 207 Å². The Morgan fingerprint density at radius 2 is 1.25 bits per heavy atom. The molecule has 0 aromatic heterocycles. The molecule has 0 spiro atoms. The maximum absolute atomic E-state index is 11.4. The van der Waals surface area contributed by atoms with Crippen LogP contribution >= 0.6 is 0 Å². The van der Waals surface area contributed by atoms with Gasteiger partial charge in [0.2, 0.25) is 5.91 Å². The number of nitrogens with one attached hydrogen (secondary N) is 2. The van der Waals surface area contributed by atoms with Gasteiger partial charge in [0.1, 0.15) is 23.0 Å². The van der Waals surface area contributed by atoms with Gasteiger partial charge in [-0.25, -0.2) is 4.79 Å². The molecular weight excluding hydrogens is 464 g/mol. The number of hydrogen-bond acceptors (Lipinski definition) is 7. The van der Waals surface area contributed by atoms with Gasteiger partial charge in [-0.05, 0) is 72.8 Å². The van der Waals surface area contributed by atoms with Gasteiger partial charge in [-0.1, -0.05) is 19.2 Å². The lowest BCUT2D eigenvalue weighted by molar-refractivity contribution is -0.191. The predicted octanol–water partition coefficient (Wildman–Crippen LogP) is 5.38. The molecule has 3 aromatic carbocycles. The highest BCUT2D eigenvalue weighted by Gasteiger charge is 2.04. The molecule has 1 amide bonds. The van der Waals surface area contributed by atoms with Crippen LogP contribution in [-0.4, -0.2) is 23.1 Å². The zero-order valence-electron chi connectivity index (χ0n) is 19.0. The van der Waals surface area contributed by atoms with Crippen LogP contribution in [0.2, 0.25) is 0 Å². The summed E-state index contributed by atoms with van der Waals surface area (Å²) in [5, 5.41) is 14.3. The van der Waals surface area contributed by atoms with Crippen LogP contribution in [0.5, 0.6) is 23.0 Å². The number of rotatable bonds is 10. The minimum Gasteiger partial charge on any atom is -0.478 e. The molecule has 0 saturated carbocycles. The predicted molar refractivity (Wildman–Crippen MR) is 133 cm³/mol. The second kappa shape index (κ2) is 14.0. The molecule has 9 nitrogen and oxygen atoms in total. The topological polar surface area (TPSA) is 131 Å². The summed E-state index contributed by atoms with van der Waals surface area (Å²) in [7, 11) is 0. The Morgan fingerprint density at radius 3 is 1.69 bits per heavy atom. The van der Waals surface area contributed by atoms with E-state index in [-0.39, 0.29) is 12.1 Å². The van der Waals surface area contributed by atoms with Crippen LogP contribution < -0.4 is 20.1 Å². The van der Waals surface area contributed by atoms with Crippen molar-refractivity contribution in [3.8, 4) is 23.0 Å². The molecular formula is C27H22N2O7. The van der Waals surface area contributed by atoms with Gasteiger partial charge in [0, 0.05) is 29.2 Å². The normalized spacial score (nSPS) is 9.67. The molecule has 0 heterocycles. The minimum absolute atomic E-state index is 0.250. The molecule has 0 aliphatic heterocycles. The highest BCUT2D eigenvalue weighted by Crippen LogP contribution is 2.29. The Bertz CT molecular complexity index is 1270. The molecule has 0 bridgehead atoms. The average molecular weight is 486 g/mol. The van der Waals surface area contributed by atoms with Crippen LogP contribution in [-0.2, 0) is 19.2 Å². The molecule has 0 fully saturated rings. The molecule has 36 heavy (non-hydrogen) atoms. The van der Waals surface area contributed by atoms with Gasteiger partial charge in [0.15, 0.2) is 0 Å². The Morgan fingerprint density at radius 1 is 0.778 bits per heavy atom. The first kappa shape index (κ1) is 26.8. The monoisotopic (exact) mass is 486 g/mol. The van der Waals surface area contributed by atoms with E-state index in [4.69, 9.17) is 24.2 Å². The van der Waals surface area contributed by atoms with Crippen molar-refractivity contribution in [3.05, 3.63) is 110 Å². The second-order valence-electron chi connectivity index (χ2n) is 6.83. The molecule has 0 atom stereocenters. The quantitative estimate of drug-likeness (QED) is 0.257. The molecule has 0 aliphatic carbocycles. The molecule has 0 aliphatic rings. The van der Waals surface area contributed by atoms with Crippen molar-refractivity contribution in [3.63, 3.8) is 0 Å². The van der Waals surface area contributed by atoms with E-state index in [1.165, 1.54) is 12.2 Å². The number of ether oxygens (including phenoxy) is 2. The molecule has 182 valence electrons. The van der Waals surface area contributed by atoms with Crippen LogP contribution in [0, 0.1) is 0 Å². The van der Waals surface area contributed by atoms with E-state index in [1.54, 1.807) is 54.6 Å². The third kappa shape index (κ3) is 9.62. The number of carbonyl (C=O) groups excluding carboxylic acids is 3. The van der Waals surface area contributed by atoms with Crippen molar-refractivity contribution in [1.82, 2.24) is 0 Å². The zero-order valence-corrected chi connectivity index (χ0v) is 19.0. The van der Waals surface area contributed by atoms with E-state index >= 15 is 0 Å². The molecule has 9 heteroatoms. The van der Waals surface area contributed by atoms with Crippen LogP contribution in [0.25, 0.3) is 0 Å². The summed E-state index contributed by atoms with van der Waals surface area (Å²) in [5.41, 5.74) is 1.84. The number of allylic oxidation sites excluding steroid dienone is 1. The van der Waals surface area contributed by atoms with E-state index in [1.807, 2.05) is 18.2 Å². The van der Waals surface area contributed by atoms with E-state index in [2.05, 4.69) is 23.8 Å². The SMILES string of the molecule is C=CC(=O)Nc1ccc(Oc2cccc(Oc3ccc(NC(=C)/C=C\C(=O)O)cc3)c2)cc1.O=C=O. The zero-order chi connectivity index (χ0) is 26.3. The van der Waals surface area contributed by atoms with Crippen molar-refractivity contribution in [2.24, 2.45) is 0 Å². The second-order valence-corrected chi connectivity index (χ2v) is 6.83. The third-order valence-electron chi connectivity index (χ3n) is 4.17. The van der Waals surface area contributed by atoms with Crippen molar-refractivity contribution < 1.29 is 33.8 Å². The number of carboxylic acid groups (broad SMARTS) is 1. The molecule has 0 radical (unpaired) electrons. The van der Waals surface area contributed by atoms with Crippen LogP contribution in [0.15, 0.2) is 110 Å². The number of carbonyl (C=O) groups is 2.